The second kappa shape index (κ2) is 6.69. The number of benzene rings is 2. The number of fused-ring (bicyclic) bond motifs is 3. The lowest BCUT2D eigenvalue weighted by Crippen LogP contribution is -2.34. The highest BCUT2D eigenvalue weighted by molar-refractivity contribution is 5.85. The van der Waals surface area contributed by atoms with Gasteiger partial charge in [-0.15, -0.1) is 0 Å². The fraction of sp³-hybridized carbons (Fsp3) is 0.300. The topological polar surface area (TPSA) is 64.6 Å². The van der Waals surface area contributed by atoms with Crippen molar-refractivity contribution in [2.24, 2.45) is 0 Å². The van der Waals surface area contributed by atoms with E-state index in [9.17, 15) is 9.59 Å². The number of esters is 1. The van der Waals surface area contributed by atoms with Gasteiger partial charge in [0.25, 0.3) is 5.91 Å². The molecule has 4 rings (SSSR count). The minimum atomic E-state index is -0.527. The summed E-state index contributed by atoms with van der Waals surface area (Å²) in [7, 11) is 0. The number of carbonyl (C=O) groups is 2. The maximum atomic E-state index is 12.3. The van der Waals surface area contributed by atoms with Gasteiger partial charge in [0.2, 0.25) is 0 Å². The Hall–Kier alpha value is -2.66. The Morgan fingerprint density at radius 3 is 2.28 bits per heavy atom. The van der Waals surface area contributed by atoms with Crippen LogP contribution in [0.15, 0.2) is 48.5 Å². The monoisotopic (exact) mass is 337 g/mol. The third-order valence-corrected chi connectivity index (χ3v) is 4.68. The van der Waals surface area contributed by atoms with Crippen LogP contribution in [0.3, 0.4) is 0 Å². The van der Waals surface area contributed by atoms with Gasteiger partial charge in [0.05, 0.1) is 6.04 Å². The van der Waals surface area contributed by atoms with E-state index in [-0.39, 0.29) is 18.6 Å². The quantitative estimate of drug-likeness (QED) is 0.871. The molecule has 25 heavy (non-hydrogen) atoms. The predicted molar refractivity (Wildman–Crippen MR) is 91.8 cm³/mol. The molecule has 1 atom stereocenters. The third kappa shape index (κ3) is 3.03. The molecular formula is C20H19NO4. The zero-order valence-electron chi connectivity index (χ0n) is 13.7. The fourth-order valence-corrected chi connectivity index (χ4v) is 3.51. The molecule has 1 saturated heterocycles. The minimum absolute atomic E-state index is 0.221. The fourth-order valence-electron chi connectivity index (χ4n) is 3.51. The maximum absolute atomic E-state index is 12.3. The van der Waals surface area contributed by atoms with E-state index >= 15 is 0 Å². The van der Waals surface area contributed by atoms with Gasteiger partial charge in [0, 0.05) is 6.61 Å². The SMILES string of the molecule is O=C(COC(=O)[C@@H]1CCCO1)NC1c2ccccc2-c2ccccc21. The van der Waals surface area contributed by atoms with E-state index in [1.807, 2.05) is 36.4 Å². The van der Waals surface area contributed by atoms with E-state index in [2.05, 4.69) is 17.4 Å². The van der Waals surface area contributed by atoms with Crippen LogP contribution in [-0.4, -0.2) is 31.2 Å². The highest BCUT2D eigenvalue weighted by Crippen LogP contribution is 2.42. The van der Waals surface area contributed by atoms with Gasteiger partial charge >= 0.3 is 5.97 Å². The average molecular weight is 337 g/mol. The lowest BCUT2D eigenvalue weighted by molar-refractivity contribution is -0.157. The Morgan fingerprint density at radius 2 is 1.68 bits per heavy atom. The van der Waals surface area contributed by atoms with E-state index in [1.54, 1.807) is 0 Å². The van der Waals surface area contributed by atoms with E-state index in [4.69, 9.17) is 9.47 Å². The molecule has 2 aromatic carbocycles. The lowest BCUT2D eigenvalue weighted by Gasteiger charge is -2.16. The molecule has 1 aliphatic carbocycles. The molecule has 5 nitrogen and oxygen atoms in total. The standard InChI is InChI=1S/C20H19NO4/c22-18(12-25-20(23)17-10-5-11-24-17)21-19-15-8-3-1-6-13(15)14-7-2-4-9-16(14)19/h1-4,6-9,17,19H,5,10-12H2,(H,21,22)/t17-/m0/s1. The van der Waals surface area contributed by atoms with Crippen molar-refractivity contribution in [1.29, 1.82) is 0 Å². The van der Waals surface area contributed by atoms with Crippen LogP contribution in [0.1, 0.15) is 30.0 Å². The van der Waals surface area contributed by atoms with Gasteiger partial charge in [0.15, 0.2) is 12.7 Å². The van der Waals surface area contributed by atoms with Crippen molar-refractivity contribution >= 4 is 11.9 Å². The van der Waals surface area contributed by atoms with Crippen LogP contribution >= 0.6 is 0 Å². The molecule has 1 heterocycles. The van der Waals surface area contributed by atoms with E-state index in [0.717, 1.165) is 28.7 Å². The van der Waals surface area contributed by atoms with Crippen LogP contribution in [0.25, 0.3) is 11.1 Å². The molecular weight excluding hydrogens is 318 g/mol. The van der Waals surface area contributed by atoms with Crippen molar-refractivity contribution < 1.29 is 19.1 Å². The highest BCUT2D eigenvalue weighted by Gasteiger charge is 2.30. The second-order valence-electron chi connectivity index (χ2n) is 6.28. The van der Waals surface area contributed by atoms with E-state index < -0.39 is 12.1 Å². The number of rotatable bonds is 4. The van der Waals surface area contributed by atoms with Crippen molar-refractivity contribution in [3.8, 4) is 11.1 Å². The molecule has 1 amide bonds. The van der Waals surface area contributed by atoms with Gasteiger partial charge in [-0.25, -0.2) is 4.79 Å². The molecule has 128 valence electrons. The summed E-state index contributed by atoms with van der Waals surface area (Å²) in [4.78, 5) is 24.2. The smallest absolute Gasteiger partial charge is 0.335 e. The van der Waals surface area contributed by atoms with Crippen LogP contribution in [0, 0.1) is 0 Å². The summed E-state index contributed by atoms with van der Waals surface area (Å²) < 4.78 is 10.4. The van der Waals surface area contributed by atoms with Crippen LogP contribution in [0.5, 0.6) is 0 Å². The molecule has 0 spiro atoms. The third-order valence-electron chi connectivity index (χ3n) is 4.68. The highest BCUT2D eigenvalue weighted by atomic mass is 16.6. The Kier molecular flexibility index (Phi) is 4.24. The molecule has 2 aromatic rings. The predicted octanol–water partition coefficient (Wildman–Crippen LogP) is 2.59. The van der Waals surface area contributed by atoms with E-state index in [1.165, 1.54) is 0 Å². The summed E-state index contributed by atoms with van der Waals surface area (Å²) in [6, 6.07) is 15.8. The second-order valence-corrected chi connectivity index (χ2v) is 6.28. The zero-order chi connectivity index (χ0) is 17.2. The number of nitrogens with one attached hydrogen (secondary N) is 1. The molecule has 1 fully saturated rings. The number of ether oxygens (including phenoxy) is 2. The Labute approximate surface area is 145 Å². The first-order valence-corrected chi connectivity index (χ1v) is 8.50. The van der Waals surface area contributed by atoms with Gasteiger partial charge < -0.3 is 14.8 Å². The molecule has 1 aliphatic heterocycles. The summed E-state index contributed by atoms with van der Waals surface area (Å²) in [5, 5.41) is 2.98. The van der Waals surface area contributed by atoms with E-state index in [0.29, 0.717) is 13.0 Å². The van der Waals surface area contributed by atoms with Crippen LogP contribution < -0.4 is 5.32 Å². The molecule has 0 radical (unpaired) electrons. The summed E-state index contributed by atoms with van der Waals surface area (Å²) in [6.07, 6.45) is 0.978. The van der Waals surface area contributed by atoms with Crippen LogP contribution in [-0.2, 0) is 19.1 Å². The molecule has 0 unspecified atom stereocenters. The minimum Gasteiger partial charge on any atom is -0.454 e. The number of hydrogen-bond donors (Lipinski definition) is 1. The normalized spacial score (nSPS) is 18.5. The van der Waals surface area contributed by atoms with Crippen LogP contribution in [0.4, 0.5) is 0 Å². The summed E-state index contributed by atoms with van der Waals surface area (Å²) in [6.45, 7) is 0.279. The van der Waals surface area contributed by atoms with Gasteiger partial charge in [-0.2, -0.15) is 0 Å². The van der Waals surface area contributed by atoms with Gasteiger partial charge in [-0.3, -0.25) is 4.79 Å². The Morgan fingerprint density at radius 1 is 1.04 bits per heavy atom. The van der Waals surface area contributed by atoms with Crippen molar-refractivity contribution in [3.63, 3.8) is 0 Å². The molecule has 5 heteroatoms. The molecule has 2 aliphatic rings. The van der Waals surface area contributed by atoms with Gasteiger partial charge in [0.1, 0.15) is 0 Å². The lowest BCUT2D eigenvalue weighted by atomic mass is 10.1. The number of hydrogen-bond acceptors (Lipinski definition) is 4. The largest absolute Gasteiger partial charge is 0.454 e. The first-order chi connectivity index (χ1) is 12.2. The maximum Gasteiger partial charge on any atom is 0.335 e. The average Bonchev–Trinajstić information content (AvgIpc) is 3.28. The molecule has 0 aromatic heterocycles. The van der Waals surface area contributed by atoms with Crippen LogP contribution in [0.2, 0.25) is 0 Å². The molecule has 1 N–H and O–H groups in total. The summed E-state index contributed by atoms with van der Waals surface area (Å²) >= 11 is 0. The van der Waals surface area contributed by atoms with Crippen molar-refractivity contribution in [2.45, 2.75) is 25.0 Å². The van der Waals surface area contributed by atoms with Crippen molar-refractivity contribution in [2.75, 3.05) is 13.2 Å². The summed E-state index contributed by atoms with van der Waals surface area (Å²) in [5.74, 6) is -0.775. The Balaban J connectivity index is 1.45. The number of carbonyl (C=O) groups excluding carboxylic acids is 2. The first-order valence-electron chi connectivity index (χ1n) is 8.50. The Bertz CT molecular complexity index is 765. The van der Waals surface area contributed by atoms with Crippen molar-refractivity contribution in [1.82, 2.24) is 5.32 Å². The molecule has 0 saturated carbocycles. The number of amides is 1. The zero-order valence-corrected chi connectivity index (χ0v) is 13.7. The first kappa shape index (κ1) is 15.8. The summed E-state index contributed by atoms with van der Waals surface area (Å²) in [5.41, 5.74) is 4.37. The molecule has 0 bridgehead atoms. The van der Waals surface area contributed by atoms with Gasteiger partial charge in [-0.1, -0.05) is 48.5 Å². The van der Waals surface area contributed by atoms with Crippen molar-refractivity contribution in [3.05, 3.63) is 59.7 Å². The van der Waals surface area contributed by atoms with Gasteiger partial charge in [-0.05, 0) is 35.1 Å².